The minimum Gasteiger partial charge on any atom is -0.366 e. The van der Waals surface area contributed by atoms with Crippen molar-refractivity contribution in [2.45, 2.75) is 25.1 Å². The predicted octanol–water partition coefficient (Wildman–Crippen LogP) is 3.65. The first-order chi connectivity index (χ1) is 8.13. The number of thioether (sulfide) groups is 1. The molecule has 0 amide bonds. The number of halogens is 1. The van der Waals surface area contributed by atoms with Gasteiger partial charge in [-0.05, 0) is 25.1 Å². The first kappa shape index (κ1) is 12.8. The summed E-state index contributed by atoms with van der Waals surface area (Å²) in [4.78, 5) is 2.35. The molecule has 1 aromatic carbocycles. The number of hydrogen-bond acceptors (Lipinski definition) is 3. The van der Waals surface area contributed by atoms with Crippen LogP contribution in [-0.4, -0.2) is 23.6 Å². The van der Waals surface area contributed by atoms with Crippen LogP contribution >= 0.6 is 27.7 Å². The second kappa shape index (κ2) is 5.32. The van der Waals surface area contributed by atoms with E-state index in [2.05, 4.69) is 40.7 Å². The minimum atomic E-state index is 0.474. The molecule has 1 heterocycles. The zero-order valence-electron chi connectivity index (χ0n) is 9.98. The van der Waals surface area contributed by atoms with Crippen LogP contribution in [0.3, 0.4) is 0 Å². The highest BCUT2D eigenvalue weighted by atomic mass is 79.9. The van der Waals surface area contributed by atoms with Crippen LogP contribution in [-0.2, 0) is 0 Å². The summed E-state index contributed by atoms with van der Waals surface area (Å²) in [7, 11) is 0. The lowest BCUT2D eigenvalue weighted by atomic mass is 10.1. The quantitative estimate of drug-likeness (QED) is 0.792. The van der Waals surface area contributed by atoms with E-state index in [0.29, 0.717) is 11.3 Å². The normalized spacial score (nSPS) is 24.5. The van der Waals surface area contributed by atoms with Crippen molar-refractivity contribution >= 4 is 33.4 Å². The molecule has 2 unspecified atom stereocenters. The number of anilines is 1. The fourth-order valence-corrected chi connectivity index (χ4v) is 3.58. The number of benzene rings is 1. The number of nitrogens with zero attached hydrogens (tertiary/aromatic N) is 2. The molecule has 0 spiro atoms. The van der Waals surface area contributed by atoms with Gasteiger partial charge in [-0.15, -0.1) is 0 Å². The maximum absolute atomic E-state index is 9.22. The molecule has 0 N–H and O–H groups in total. The Kier molecular flexibility index (Phi) is 4.01. The lowest BCUT2D eigenvalue weighted by Crippen LogP contribution is -2.45. The molecule has 0 bridgehead atoms. The van der Waals surface area contributed by atoms with Crippen molar-refractivity contribution in [1.82, 2.24) is 0 Å². The standard InChI is InChI=1S/C13H15BrN2S/c1-9-10(2)17-6-5-16(9)13-4-3-12(14)7-11(13)8-15/h3-4,7,9-10H,5-6H2,1-2H3. The number of nitriles is 1. The van der Waals surface area contributed by atoms with Gasteiger partial charge in [-0.1, -0.05) is 22.9 Å². The molecule has 0 aliphatic carbocycles. The Hall–Kier alpha value is -0.660. The zero-order chi connectivity index (χ0) is 12.4. The van der Waals surface area contributed by atoms with Gasteiger partial charge in [-0.3, -0.25) is 0 Å². The molecule has 0 saturated carbocycles. The van der Waals surface area contributed by atoms with E-state index < -0.39 is 0 Å². The van der Waals surface area contributed by atoms with Gasteiger partial charge in [0, 0.05) is 28.1 Å². The van der Waals surface area contributed by atoms with Crippen molar-refractivity contribution in [3.8, 4) is 6.07 Å². The molecule has 1 aromatic rings. The Bertz CT molecular complexity index is 455. The summed E-state index contributed by atoms with van der Waals surface area (Å²) in [5, 5.41) is 9.83. The third-order valence-electron chi connectivity index (χ3n) is 3.27. The van der Waals surface area contributed by atoms with Crippen molar-refractivity contribution in [3.05, 3.63) is 28.2 Å². The van der Waals surface area contributed by atoms with E-state index in [-0.39, 0.29) is 0 Å². The fraction of sp³-hybridized carbons (Fsp3) is 0.462. The molecule has 1 fully saturated rings. The van der Waals surface area contributed by atoms with Gasteiger partial charge in [0.05, 0.1) is 11.3 Å². The molecule has 2 atom stereocenters. The highest BCUT2D eigenvalue weighted by Crippen LogP contribution is 2.32. The first-order valence-electron chi connectivity index (χ1n) is 5.71. The summed E-state index contributed by atoms with van der Waals surface area (Å²) < 4.78 is 0.963. The van der Waals surface area contributed by atoms with Crippen LogP contribution in [0.15, 0.2) is 22.7 Å². The van der Waals surface area contributed by atoms with Gasteiger partial charge in [0.25, 0.3) is 0 Å². The van der Waals surface area contributed by atoms with Crippen LogP contribution in [0.4, 0.5) is 5.69 Å². The number of rotatable bonds is 1. The lowest BCUT2D eigenvalue weighted by molar-refractivity contribution is 0.627. The van der Waals surface area contributed by atoms with Crippen molar-refractivity contribution in [2.75, 3.05) is 17.2 Å². The van der Waals surface area contributed by atoms with Crippen LogP contribution in [0.2, 0.25) is 0 Å². The molecule has 90 valence electrons. The Morgan fingerprint density at radius 2 is 2.24 bits per heavy atom. The minimum absolute atomic E-state index is 0.474. The van der Waals surface area contributed by atoms with Crippen molar-refractivity contribution in [1.29, 1.82) is 5.26 Å². The van der Waals surface area contributed by atoms with E-state index in [0.717, 1.165) is 28.0 Å². The van der Waals surface area contributed by atoms with Crippen molar-refractivity contribution in [2.24, 2.45) is 0 Å². The van der Waals surface area contributed by atoms with E-state index in [1.807, 2.05) is 30.0 Å². The van der Waals surface area contributed by atoms with Gasteiger partial charge in [0.2, 0.25) is 0 Å². The Balaban J connectivity index is 2.36. The molecule has 17 heavy (non-hydrogen) atoms. The molecule has 4 heteroatoms. The number of hydrogen-bond donors (Lipinski definition) is 0. The first-order valence-corrected chi connectivity index (χ1v) is 7.55. The molecule has 2 nitrogen and oxygen atoms in total. The average molecular weight is 311 g/mol. The van der Waals surface area contributed by atoms with E-state index in [1.165, 1.54) is 0 Å². The molecule has 0 aromatic heterocycles. The molecule has 1 saturated heterocycles. The fourth-order valence-electron chi connectivity index (χ4n) is 2.12. The third kappa shape index (κ3) is 2.61. The van der Waals surface area contributed by atoms with E-state index in [9.17, 15) is 5.26 Å². The third-order valence-corrected chi connectivity index (χ3v) is 5.10. The summed E-state index contributed by atoms with van der Waals surface area (Å²) in [6, 6.07) is 8.71. The van der Waals surface area contributed by atoms with Crippen LogP contribution in [0.1, 0.15) is 19.4 Å². The van der Waals surface area contributed by atoms with E-state index in [4.69, 9.17) is 0 Å². The molecule has 2 rings (SSSR count). The van der Waals surface area contributed by atoms with Crippen molar-refractivity contribution in [3.63, 3.8) is 0 Å². The summed E-state index contributed by atoms with van der Waals surface area (Å²) in [5.74, 6) is 1.13. The molecular weight excluding hydrogens is 296 g/mol. The van der Waals surface area contributed by atoms with Gasteiger partial charge >= 0.3 is 0 Å². The molecular formula is C13H15BrN2S. The molecule has 1 aliphatic heterocycles. The zero-order valence-corrected chi connectivity index (χ0v) is 12.4. The topological polar surface area (TPSA) is 27.0 Å². The molecule has 1 aliphatic rings. The SMILES string of the molecule is CC1SCCN(c2ccc(Br)cc2C#N)C1C. The summed E-state index contributed by atoms with van der Waals surface area (Å²) in [6.45, 7) is 5.51. The Morgan fingerprint density at radius 3 is 2.94 bits per heavy atom. The van der Waals surface area contributed by atoms with Gasteiger partial charge in [0.1, 0.15) is 6.07 Å². The van der Waals surface area contributed by atoms with Gasteiger partial charge < -0.3 is 4.90 Å². The van der Waals surface area contributed by atoms with Crippen LogP contribution in [0.5, 0.6) is 0 Å². The second-order valence-electron chi connectivity index (χ2n) is 4.28. The van der Waals surface area contributed by atoms with Crippen LogP contribution in [0.25, 0.3) is 0 Å². The van der Waals surface area contributed by atoms with E-state index in [1.54, 1.807) is 0 Å². The second-order valence-corrected chi connectivity index (χ2v) is 6.68. The summed E-state index contributed by atoms with van der Waals surface area (Å²) in [6.07, 6.45) is 0. The highest BCUT2D eigenvalue weighted by Gasteiger charge is 2.26. The van der Waals surface area contributed by atoms with E-state index >= 15 is 0 Å². The Labute approximate surface area is 115 Å². The van der Waals surface area contributed by atoms with Gasteiger partial charge in [-0.2, -0.15) is 17.0 Å². The average Bonchev–Trinajstić information content (AvgIpc) is 2.33. The largest absolute Gasteiger partial charge is 0.366 e. The Morgan fingerprint density at radius 1 is 1.47 bits per heavy atom. The smallest absolute Gasteiger partial charge is 0.101 e. The predicted molar refractivity (Wildman–Crippen MR) is 77.6 cm³/mol. The monoisotopic (exact) mass is 310 g/mol. The van der Waals surface area contributed by atoms with Gasteiger partial charge in [-0.25, -0.2) is 0 Å². The highest BCUT2D eigenvalue weighted by molar-refractivity contribution is 9.10. The van der Waals surface area contributed by atoms with Crippen LogP contribution in [0, 0.1) is 11.3 Å². The van der Waals surface area contributed by atoms with Crippen molar-refractivity contribution < 1.29 is 0 Å². The summed E-state index contributed by atoms with van der Waals surface area (Å²) >= 11 is 5.42. The van der Waals surface area contributed by atoms with Gasteiger partial charge in [0.15, 0.2) is 0 Å². The molecule has 0 radical (unpaired) electrons. The summed E-state index contributed by atoms with van der Waals surface area (Å²) in [5.41, 5.74) is 1.82. The van der Waals surface area contributed by atoms with Crippen LogP contribution < -0.4 is 4.90 Å². The lowest BCUT2D eigenvalue weighted by Gasteiger charge is -2.39. The maximum Gasteiger partial charge on any atom is 0.101 e. The maximum atomic E-state index is 9.22.